The number of nitrogens with zero attached hydrogens (tertiary/aromatic N) is 2. The molecule has 1 N–H and O–H groups in total. The predicted octanol–water partition coefficient (Wildman–Crippen LogP) is 2.87. The molecule has 2 rings (SSSR count). The van der Waals surface area contributed by atoms with Crippen LogP contribution in [0.25, 0.3) is 0 Å². The molecule has 0 radical (unpaired) electrons. The Morgan fingerprint density at radius 3 is 2.60 bits per heavy atom. The minimum Gasteiger partial charge on any atom is -0.493 e. The van der Waals surface area contributed by atoms with Gasteiger partial charge in [-0.25, -0.2) is 4.79 Å². The minimum atomic E-state index is -0.0896. The first-order chi connectivity index (χ1) is 12.2. The van der Waals surface area contributed by atoms with E-state index < -0.39 is 0 Å². The van der Waals surface area contributed by atoms with Crippen LogP contribution >= 0.6 is 0 Å². The number of hydrogen-bond donors (Lipinski definition) is 1. The van der Waals surface area contributed by atoms with Crippen molar-refractivity contribution in [1.82, 2.24) is 15.2 Å². The summed E-state index contributed by atoms with van der Waals surface area (Å²) in [6.07, 6.45) is 2.46. The molecule has 0 saturated carbocycles. The average molecular weight is 343 g/mol. The van der Waals surface area contributed by atoms with E-state index in [9.17, 15) is 4.79 Å². The second-order valence-electron chi connectivity index (χ2n) is 5.52. The lowest BCUT2D eigenvalue weighted by Crippen LogP contribution is -2.40. The molecule has 0 unspecified atom stereocenters. The lowest BCUT2D eigenvalue weighted by Gasteiger charge is -2.23. The number of aromatic nitrogens is 1. The van der Waals surface area contributed by atoms with E-state index in [0.29, 0.717) is 37.6 Å². The van der Waals surface area contributed by atoms with E-state index >= 15 is 0 Å². The highest BCUT2D eigenvalue weighted by Gasteiger charge is 2.15. The summed E-state index contributed by atoms with van der Waals surface area (Å²) < 4.78 is 10.6. The number of rotatable bonds is 8. The van der Waals surface area contributed by atoms with Crippen LogP contribution in [0.1, 0.15) is 18.2 Å². The van der Waals surface area contributed by atoms with Gasteiger partial charge < -0.3 is 19.7 Å². The fourth-order valence-corrected chi connectivity index (χ4v) is 2.51. The first-order valence-corrected chi connectivity index (χ1v) is 8.31. The van der Waals surface area contributed by atoms with Gasteiger partial charge in [-0.2, -0.15) is 0 Å². The molecule has 0 bridgehead atoms. The monoisotopic (exact) mass is 343 g/mol. The van der Waals surface area contributed by atoms with Gasteiger partial charge in [0, 0.05) is 37.9 Å². The number of ether oxygens (including phenoxy) is 2. The van der Waals surface area contributed by atoms with Gasteiger partial charge in [0.15, 0.2) is 11.5 Å². The molecule has 0 saturated heterocycles. The zero-order chi connectivity index (χ0) is 18.1. The summed E-state index contributed by atoms with van der Waals surface area (Å²) in [4.78, 5) is 18.5. The SMILES string of the molecule is CCNC(=O)N(CCc1ccccn1)Cc1ccc(OC)c(OC)c1. The van der Waals surface area contributed by atoms with Gasteiger partial charge in [-0.1, -0.05) is 12.1 Å². The fourth-order valence-electron chi connectivity index (χ4n) is 2.51. The van der Waals surface area contributed by atoms with E-state index in [0.717, 1.165) is 11.3 Å². The standard InChI is InChI=1S/C19H25N3O3/c1-4-20-19(23)22(12-10-16-7-5-6-11-21-16)14-15-8-9-17(24-2)18(13-15)25-3/h5-9,11,13H,4,10,12,14H2,1-3H3,(H,20,23). The Morgan fingerprint density at radius 2 is 1.96 bits per heavy atom. The third kappa shape index (κ3) is 5.38. The molecular weight excluding hydrogens is 318 g/mol. The zero-order valence-electron chi connectivity index (χ0n) is 15.0. The summed E-state index contributed by atoms with van der Waals surface area (Å²) >= 11 is 0. The molecule has 0 atom stereocenters. The Balaban J connectivity index is 2.11. The van der Waals surface area contributed by atoms with Crippen LogP contribution < -0.4 is 14.8 Å². The van der Waals surface area contributed by atoms with Crippen molar-refractivity contribution in [2.24, 2.45) is 0 Å². The summed E-state index contributed by atoms with van der Waals surface area (Å²) in [7, 11) is 3.20. The molecule has 25 heavy (non-hydrogen) atoms. The van der Waals surface area contributed by atoms with Crippen molar-refractivity contribution in [3.05, 3.63) is 53.9 Å². The van der Waals surface area contributed by atoms with E-state index in [4.69, 9.17) is 9.47 Å². The summed E-state index contributed by atoms with van der Waals surface area (Å²) in [5.41, 5.74) is 1.94. The Hall–Kier alpha value is -2.76. The van der Waals surface area contributed by atoms with Gasteiger partial charge in [0.05, 0.1) is 14.2 Å². The average Bonchev–Trinajstić information content (AvgIpc) is 2.65. The molecule has 6 nitrogen and oxygen atoms in total. The summed E-state index contributed by atoms with van der Waals surface area (Å²) in [6, 6.07) is 11.4. The van der Waals surface area contributed by atoms with Gasteiger partial charge in [0.25, 0.3) is 0 Å². The van der Waals surface area contributed by atoms with Crippen molar-refractivity contribution in [3.63, 3.8) is 0 Å². The first kappa shape index (κ1) is 18.6. The van der Waals surface area contributed by atoms with Crippen LogP contribution in [0.2, 0.25) is 0 Å². The van der Waals surface area contributed by atoms with Gasteiger partial charge in [0.2, 0.25) is 0 Å². The van der Waals surface area contributed by atoms with Crippen molar-refractivity contribution in [3.8, 4) is 11.5 Å². The van der Waals surface area contributed by atoms with Crippen molar-refractivity contribution in [1.29, 1.82) is 0 Å². The highest BCUT2D eigenvalue weighted by Crippen LogP contribution is 2.28. The molecule has 6 heteroatoms. The number of amides is 2. The number of methoxy groups -OCH3 is 2. The van der Waals surface area contributed by atoms with Crippen LogP contribution in [0.5, 0.6) is 11.5 Å². The number of hydrogen-bond acceptors (Lipinski definition) is 4. The molecule has 0 aliphatic carbocycles. The maximum atomic E-state index is 12.4. The highest BCUT2D eigenvalue weighted by atomic mass is 16.5. The van der Waals surface area contributed by atoms with Crippen LogP contribution in [-0.4, -0.2) is 43.2 Å². The number of urea groups is 1. The second kappa shape index (κ2) is 9.52. The minimum absolute atomic E-state index is 0.0896. The first-order valence-electron chi connectivity index (χ1n) is 8.31. The Labute approximate surface area is 148 Å². The van der Waals surface area contributed by atoms with Crippen molar-refractivity contribution >= 4 is 6.03 Å². The molecule has 134 valence electrons. The Kier molecular flexibility index (Phi) is 7.07. The van der Waals surface area contributed by atoms with Gasteiger partial charge in [-0.3, -0.25) is 4.98 Å². The Morgan fingerprint density at radius 1 is 1.16 bits per heavy atom. The van der Waals surface area contributed by atoms with Crippen molar-refractivity contribution in [2.45, 2.75) is 19.9 Å². The largest absolute Gasteiger partial charge is 0.493 e. The van der Waals surface area contributed by atoms with E-state index in [1.807, 2.05) is 43.3 Å². The molecule has 1 heterocycles. The number of nitrogens with one attached hydrogen (secondary N) is 1. The maximum absolute atomic E-state index is 12.4. The van der Waals surface area contributed by atoms with E-state index in [1.165, 1.54) is 0 Å². The number of benzene rings is 1. The molecule has 0 spiro atoms. The number of carbonyl (C=O) groups is 1. The smallest absolute Gasteiger partial charge is 0.317 e. The molecule has 2 aromatic rings. The van der Waals surface area contributed by atoms with Gasteiger partial charge in [-0.05, 0) is 36.8 Å². The molecule has 0 fully saturated rings. The van der Waals surface area contributed by atoms with Crippen molar-refractivity contribution in [2.75, 3.05) is 27.3 Å². The van der Waals surface area contributed by atoms with Crippen molar-refractivity contribution < 1.29 is 14.3 Å². The normalized spacial score (nSPS) is 10.2. The van der Waals surface area contributed by atoms with Crippen LogP contribution in [0, 0.1) is 0 Å². The molecule has 0 aliphatic rings. The predicted molar refractivity (Wildman–Crippen MR) is 97.0 cm³/mol. The second-order valence-corrected chi connectivity index (χ2v) is 5.52. The number of pyridine rings is 1. The van der Waals surface area contributed by atoms with Gasteiger partial charge in [0.1, 0.15) is 0 Å². The van der Waals surface area contributed by atoms with Gasteiger partial charge >= 0.3 is 6.03 Å². The molecular formula is C19H25N3O3. The van der Waals surface area contributed by atoms with Crippen LogP contribution in [0.4, 0.5) is 4.79 Å². The molecule has 0 aliphatic heterocycles. The topological polar surface area (TPSA) is 63.7 Å². The Bertz CT molecular complexity index is 677. The van der Waals surface area contributed by atoms with E-state index in [1.54, 1.807) is 25.3 Å². The zero-order valence-corrected chi connectivity index (χ0v) is 15.0. The van der Waals surface area contributed by atoms with E-state index in [2.05, 4.69) is 10.3 Å². The third-order valence-corrected chi connectivity index (χ3v) is 3.80. The van der Waals surface area contributed by atoms with Crippen LogP contribution in [0.3, 0.4) is 0 Å². The maximum Gasteiger partial charge on any atom is 0.317 e. The lowest BCUT2D eigenvalue weighted by atomic mass is 10.1. The van der Waals surface area contributed by atoms with Crippen LogP contribution in [0.15, 0.2) is 42.6 Å². The molecule has 1 aromatic carbocycles. The van der Waals surface area contributed by atoms with Gasteiger partial charge in [-0.15, -0.1) is 0 Å². The summed E-state index contributed by atoms with van der Waals surface area (Å²) in [6.45, 7) is 3.56. The van der Waals surface area contributed by atoms with E-state index in [-0.39, 0.29) is 6.03 Å². The summed E-state index contributed by atoms with van der Waals surface area (Å²) in [5, 5.41) is 2.86. The lowest BCUT2D eigenvalue weighted by molar-refractivity contribution is 0.196. The number of carbonyl (C=O) groups excluding carboxylic acids is 1. The third-order valence-electron chi connectivity index (χ3n) is 3.80. The molecule has 2 amide bonds. The quantitative estimate of drug-likeness (QED) is 0.800. The summed E-state index contributed by atoms with van der Waals surface area (Å²) in [5.74, 6) is 1.32. The van der Waals surface area contributed by atoms with Crippen LogP contribution in [-0.2, 0) is 13.0 Å². The fraction of sp³-hybridized carbons (Fsp3) is 0.368. The highest BCUT2D eigenvalue weighted by molar-refractivity contribution is 5.74. The molecule has 1 aromatic heterocycles.